The SMILES string of the molecule is C[C@@H](OC(=O)c1n[nH]c(=O)c2ccccc12)C(=O)N1CCc2ccccc21. The predicted octanol–water partition coefficient (Wildman–Crippen LogP) is 2.06. The lowest BCUT2D eigenvalue weighted by Crippen LogP contribution is -2.39. The summed E-state index contributed by atoms with van der Waals surface area (Å²) in [5.41, 5.74) is 1.53. The fourth-order valence-corrected chi connectivity index (χ4v) is 3.32. The maximum Gasteiger partial charge on any atom is 0.360 e. The van der Waals surface area contributed by atoms with Gasteiger partial charge in [0.1, 0.15) is 0 Å². The highest BCUT2D eigenvalue weighted by Crippen LogP contribution is 2.28. The molecule has 0 radical (unpaired) electrons. The lowest BCUT2D eigenvalue weighted by Gasteiger charge is -2.21. The van der Waals surface area contributed by atoms with Gasteiger partial charge in [0.2, 0.25) is 0 Å². The molecule has 2 heterocycles. The van der Waals surface area contributed by atoms with Crippen molar-refractivity contribution in [3.63, 3.8) is 0 Å². The van der Waals surface area contributed by atoms with Crippen LogP contribution in [0.15, 0.2) is 53.3 Å². The van der Waals surface area contributed by atoms with Crippen LogP contribution < -0.4 is 10.5 Å². The molecule has 1 aliphatic heterocycles. The Morgan fingerprint density at radius 2 is 1.81 bits per heavy atom. The summed E-state index contributed by atoms with van der Waals surface area (Å²) in [6, 6.07) is 14.3. The summed E-state index contributed by atoms with van der Waals surface area (Å²) >= 11 is 0. The number of aromatic nitrogens is 2. The molecule has 1 aromatic heterocycles. The van der Waals surface area contributed by atoms with Crippen LogP contribution in [-0.2, 0) is 16.0 Å². The van der Waals surface area contributed by atoms with Gasteiger partial charge in [0.25, 0.3) is 11.5 Å². The van der Waals surface area contributed by atoms with Gasteiger partial charge < -0.3 is 9.64 Å². The third-order valence-electron chi connectivity index (χ3n) is 4.67. The van der Waals surface area contributed by atoms with Crippen LogP contribution >= 0.6 is 0 Å². The van der Waals surface area contributed by atoms with Crippen molar-refractivity contribution in [3.8, 4) is 0 Å². The molecule has 0 aliphatic carbocycles. The number of rotatable bonds is 3. The number of esters is 1. The summed E-state index contributed by atoms with van der Waals surface area (Å²) < 4.78 is 5.36. The summed E-state index contributed by atoms with van der Waals surface area (Å²) in [5, 5.41) is 6.83. The molecule has 3 aromatic rings. The van der Waals surface area contributed by atoms with Crippen molar-refractivity contribution in [1.29, 1.82) is 0 Å². The van der Waals surface area contributed by atoms with Crippen LogP contribution in [0.3, 0.4) is 0 Å². The zero-order valence-corrected chi connectivity index (χ0v) is 14.6. The van der Waals surface area contributed by atoms with Gasteiger partial charge in [-0.15, -0.1) is 0 Å². The van der Waals surface area contributed by atoms with E-state index < -0.39 is 12.1 Å². The van der Waals surface area contributed by atoms with Crippen LogP contribution in [0.5, 0.6) is 0 Å². The second kappa shape index (κ2) is 6.68. The number of H-pyrrole nitrogens is 1. The van der Waals surface area contributed by atoms with Gasteiger partial charge in [-0.25, -0.2) is 9.89 Å². The van der Waals surface area contributed by atoms with Crippen LogP contribution in [0.4, 0.5) is 5.69 Å². The number of amides is 1. The molecule has 0 bridgehead atoms. The number of nitrogens with zero attached hydrogens (tertiary/aromatic N) is 2. The first kappa shape index (κ1) is 17.0. The predicted molar refractivity (Wildman–Crippen MR) is 99.7 cm³/mol. The maximum atomic E-state index is 12.8. The molecule has 0 saturated heterocycles. The van der Waals surface area contributed by atoms with E-state index in [4.69, 9.17) is 4.74 Å². The smallest absolute Gasteiger partial charge is 0.360 e. The molecule has 7 heteroatoms. The van der Waals surface area contributed by atoms with Crippen molar-refractivity contribution in [2.75, 3.05) is 11.4 Å². The standard InChI is InChI=1S/C20H17N3O4/c1-12(19(25)23-11-10-13-6-2-5-9-16(13)23)27-20(26)17-14-7-3-4-8-15(14)18(24)22-21-17/h2-9,12H,10-11H2,1H3,(H,22,24)/t12-/m1/s1. The second-order valence-electron chi connectivity index (χ2n) is 6.36. The second-order valence-corrected chi connectivity index (χ2v) is 6.36. The number of nitrogens with one attached hydrogen (secondary N) is 1. The first-order valence-electron chi connectivity index (χ1n) is 8.64. The van der Waals surface area contributed by atoms with E-state index >= 15 is 0 Å². The quantitative estimate of drug-likeness (QED) is 0.719. The van der Waals surface area contributed by atoms with Crippen molar-refractivity contribution in [2.45, 2.75) is 19.4 Å². The van der Waals surface area contributed by atoms with Gasteiger partial charge in [-0.1, -0.05) is 36.4 Å². The van der Waals surface area contributed by atoms with Crippen LogP contribution in [0.2, 0.25) is 0 Å². The molecule has 1 N–H and O–H groups in total. The Kier molecular flexibility index (Phi) is 4.19. The summed E-state index contributed by atoms with van der Waals surface area (Å²) in [4.78, 5) is 38.8. The fourth-order valence-electron chi connectivity index (χ4n) is 3.32. The minimum atomic E-state index is -0.976. The molecule has 0 unspecified atom stereocenters. The number of aromatic amines is 1. The third kappa shape index (κ3) is 2.97. The van der Waals surface area contributed by atoms with Gasteiger partial charge in [0.15, 0.2) is 11.8 Å². The zero-order chi connectivity index (χ0) is 19.0. The van der Waals surface area contributed by atoms with Gasteiger partial charge in [-0.2, -0.15) is 5.10 Å². The highest BCUT2D eigenvalue weighted by molar-refractivity contribution is 6.04. The first-order valence-corrected chi connectivity index (χ1v) is 8.64. The largest absolute Gasteiger partial charge is 0.448 e. The van der Waals surface area contributed by atoms with Crippen LogP contribution in [0.1, 0.15) is 23.0 Å². The number of para-hydroxylation sites is 1. The Balaban J connectivity index is 1.56. The topological polar surface area (TPSA) is 92.4 Å². The van der Waals surface area contributed by atoms with Crippen LogP contribution in [0.25, 0.3) is 10.8 Å². The van der Waals surface area contributed by atoms with Gasteiger partial charge in [0, 0.05) is 17.6 Å². The van der Waals surface area contributed by atoms with Gasteiger partial charge >= 0.3 is 5.97 Å². The number of anilines is 1. The van der Waals surface area contributed by atoms with E-state index in [1.54, 1.807) is 29.2 Å². The van der Waals surface area contributed by atoms with Gasteiger partial charge in [-0.3, -0.25) is 9.59 Å². The Bertz CT molecular complexity index is 1110. The molecule has 7 nitrogen and oxygen atoms in total. The number of benzene rings is 2. The zero-order valence-electron chi connectivity index (χ0n) is 14.6. The minimum Gasteiger partial charge on any atom is -0.448 e. The number of fused-ring (bicyclic) bond motifs is 2. The maximum absolute atomic E-state index is 12.8. The van der Waals surface area contributed by atoms with E-state index in [0.717, 1.165) is 17.7 Å². The summed E-state index contributed by atoms with van der Waals surface area (Å²) in [6.07, 6.45) is -0.203. The summed E-state index contributed by atoms with van der Waals surface area (Å²) in [5.74, 6) is -1.04. The van der Waals surface area contributed by atoms with Crippen molar-refractivity contribution in [1.82, 2.24) is 10.2 Å². The van der Waals surface area contributed by atoms with Crippen molar-refractivity contribution in [2.24, 2.45) is 0 Å². The average Bonchev–Trinajstić information content (AvgIpc) is 3.12. The molecular weight excluding hydrogens is 346 g/mol. The molecule has 136 valence electrons. The highest BCUT2D eigenvalue weighted by atomic mass is 16.5. The Labute approximate surface area is 154 Å². The normalized spacial score (nSPS) is 14.0. The number of ether oxygens (including phenoxy) is 1. The van der Waals surface area contributed by atoms with E-state index in [0.29, 0.717) is 17.3 Å². The molecule has 1 aliphatic rings. The molecule has 1 atom stereocenters. The lowest BCUT2D eigenvalue weighted by atomic mass is 10.1. The summed E-state index contributed by atoms with van der Waals surface area (Å²) in [7, 11) is 0. The Hall–Kier alpha value is -3.48. The van der Waals surface area contributed by atoms with Crippen LogP contribution in [0, 0.1) is 0 Å². The lowest BCUT2D eigenvalue weighted by molar-refractivity contribution is -0.126. The number of carbonyl (C=O) groups is 2. The fraction of sp³-hybridized carbons (Fsp3) is 0.200. The molecule has 0 spiro atoms. The van der Waals surface area contributed by atoms with E-state index in [9.17, 15) is 14.4 Å². The van der Waals surface area contributed by atoms with Crippen molar-refractivity contribution in [3.05, 3.63) is 70.1 Å². The molecule has 2 aromatic carbocycles. The van der Waals surface area contributed by atoms with Crippen molar-refractivity contribution >= 4 is 28.3 Å². The number of carbonyl (C=O) groups excluding carboxylic acids is 2. The van der Waals surface area contributed by atoms with E-state index in [2.05, 4.69) is 10.2 Å². The monoisotopic (exact) mass is 363 g/mol. The summed E-state index contributed by atoms with van der Waals surface area (Å²) in [6.45, 7) is 2.09. The van der Waals surface area contributed by atoms with Gasteiger partial charge in [0.05, 0.1) is 5.39 Å². The third-order valence-corrected chi connectivity index (χ3v) is 4.67. The number of hydrogen-bond acceptors (Lipinski definition) is 5. The van der Waals surface area contributed by atoms with Gasteiger partial charge in [-0.05, 0) is 31.0 Å². The van der Waals surface area contributed by atoms with E-state index in [1.165, 1.54) is 6.92 Å². The molecule has 0 fully saturated rings. The van der Waals surface area contributed by atoms with E-state index in [1.807, 2.05) is 24.3 Å². The first-order chi connectivity index (χ1) is 13.1. The number of hydrogen-bond donors (Lipinski definition) is 1. The molecule has 27 heavy (non-hydrogen) atoms. The Morgan fingerprint density at radius 1 is 1.11 bits per heavy atom. The molecule has 0 saturated carbocycles. The molecular formula is C20H17N3O4. The molecule has 1 amide bonds. The Morgan fingerprint density at radius 3 is 2.63 bits per heavy atom. The van der Waals surface area contributed by atoms with Crippen LogP contribution in [-0.4, -0.2) is 34.7 Å². The van der Waals surface area contributed by atoms with E-state index in [-0.39, 0.29) is 17.2 Å². The minimum absolute atomic E-state index is 0.0216. The average molecular weight is 363 g/mol. The van der Waals surface area contributed by atoms with Crippen molar-refractivity contribution < 1.29 is 14.3 Å². The molecule has 4 rings (SSSR count). The highest BCUT2D eigenvalue weighted by Gasteiger charge is 2.30.